The van der Waals surface area contributed by atoms with E-state index in [9.17, 15) is 4.79 Å². The van der Waals surface area contributed by atoms with Gasteiger partial charge < -0.3 is 19.3 Å². The van der Waals surface area contributed by atoms with Gasteiger partial charge in [0.15, 0.2) is 5.79 Å². The van der Waals surface area contributed by atoms with Gasteiger partial charge in [0.05, 0.1) is 13.2 Å². The maximum atomic E-state index is 12.9. The van der Waals surface area contributed by atoms with Crippen molar-refractivity contribution in [2.24, 2.45) is 0 Å². The molecular weight excluding hydrogens is 308 g/mol. The van der Waals surface area contributed by atoms with Gasteiger partial charge in [-0.05, 0) is 19.8 Å². The van der Waals surface area contributed by atoms with Crippen molar-refractivity contribution in [2.75, 3.05) is 44.3 Å². The molecule has 3 aliphatic heterocycles. The van der Waals surface area contributed by atoms with E-state index in [0.29, 0.717) is 37.8 Å². The Hall–Kier alpha value is -1.73. The summed E-state index contributed by atoms with van der Waals surface area (Å²) >= 11 is 0. The van der Waals surface area contributed by atoms with Gasteiger partial charge in [0.1, 0.15) is 17.3 Å². The van der Waals surface area contributed by atoms with Gasteiger partial charge in [-0.2, -0.15) is 0 Å². The zero-order valence-corrected chi connectivity index (χ0v) is 14.2. The SMILES string of the molecule is Cc1nc(C(=O)N2CCC3(CC2)OCCO3)cc(N2CCCC2)n1. The second-order valence-electron chi connectivity index (χ2n) is 6.75. The summed E-state index contributed by atoms with van der Waals surface area (Å²) in [6, 6.07) is 1.84. The predicted octanol–water partition coefficient (Wildman–Crippen LogP) is 1.36. The van der Waals surface area contributed by atoms with Crippen molar-refractivity contribution in [3.05, 3.63) is 17.6 Å². The minimum atomic E-state index is -0.459. The molecule has 0 N–H and O–H groups in total. The summed E-state index contributed by atoms with van der Waals surface area (Å²) in [5.41, 5.74) is 0.494. The summed E-state index contributed by atoms with van der Waals surface area (Å²) in [6.07, 6.45) is 3.81. The van der Waals surface area contributed by atoms with E-state index < -0.39 is 5.79 Å². The van der Waals surface area contributed by atoms with Crippen LogP contribution < -0.4 is 4.90 Å². The number of nitrogens with zero attached hydrogens (tertiary/aromatic N) is 4. The first-order valence-corrected chi connectivity index (χ1v) is 8.83. The Labute approximate surface area is 142 Å². The molecule has 3 saturated heterocycles. The van der Waals surface area contributed by atoms with Crippen molar-refractivity contribution >= 4 is 11.7 Å². The second-order valence-corrected chi connectivity index (χ2v) is 6.75. The van der Waals surface area contributed by atoms with E-state index in [1.54, 1.807) is 0 Å². The van der Waals surface area contributed by atoms with E-state index in [-0.39, 0.29) is 5.91 Å². The number of ether oxygens (including phenoxy) is 2. The molecule has 1 spiro atoms. The van der Waals surface area contributed by atoms with Gasteiger partial charge in [0.2, 0.25) is 0 Å². The van der Waals surface area contributed by atoms with Crippen LogP contribution in [-0.2, 0) is 9.47 Å². The highest BCUT2D eigenvalue weighted by atomic mass is 16.7. The summed E-state index contributed by atoms with van der Waals surface area (Å²) in [5.74, 6) is 1.05. The van der Waals surface area contributed by atoms with Gasteiger partial charge in [-0.1, -0.05) is 0 Å². The van der Waals surface area contributed by atoms with Crippen molar-refractivity contribution < 1.29 is 14.3 Å². The minimum absolute atomic E-state index is 0.0196. The van der Waals surface area contributed by atoms with Crippen LogP contribution in [0.3, 0.4) is 0 Å². The number of aromatic nitrogens is 2. The molecule has 0 unspecified atom stereocenters. The fourth-order valence-corrected chi connectivity index (χ4v) is 3.77. The molecule has 1 aromatic heterocycles. The first kappa shape index (κ1) is 15.8. The Bertz CT molecular complexity index is 614. The lowest BCUT2D eigenvalue weighted by Gasteiger charge is -2.37. The van der Waals surface area contributed by atoms with Crippen LogP contribution in [0.25, 0.3) is 0 Å². The van der Waals surface area contributed by atoms with Crippen LogP contribution in [0.2, 0.25) is 0 Å². The standard InChI is InChI=1S/C17H24N4O3/c1-13-18-14(12-15(19-13)20-6-2-3-7-20)16(22)21-8-4-17(5-9-21)23-10-11-24-17/h12H,2-11H2,1H3. The molecule has 4 rings (SSSR count). The van der Waals surface area contributed by atoms with Crippen LogP contribution in [-0.4, -0.2) is 66.0 Å². The number of carbonyl (C=O) groups is 1. The number of carbonyl (C=O) groups excluding carboxylic acids is 1. The van der Waals surface area contributed by atoms with Crippen molar-refractivity contribution in [2.45, 2.75) is 38.4 Å². The average molecular weight is 332 g/mol. The molecule has 24 heavy (non-hydrogen) atoms. The quantitative estimate of drug-likeness (QED) is 0.815. The Kier molecular flexibility index (Phi) is 4.14. The molecule has 3 fully saturated rings. The van der Waals surface area contributed by atoms with Crippen molar-refractivity contribution in [3.63, 3.8) is 0 Å². The van der Waals surface area contributed by atoms with Gasteiger partial charge in [-0.25, -0.2) is 9.97 Å². The van der Waals surface area contributed by atoms with Crippen molar-refractivity contribution in [1.29, 1.82) is 0 Å². The van der Waals surface area contributed by atoms with E-state index in [1.807, 2.05) is 17.9 Å². The molecule has 0 aromatic carbocycles. The van der Waals surface area contributed by atoms with Crippen LogP contribution in [0, 0.1) is 6.92 Å². The molecule has 7 nitrogen and oxygen atoms in total. The number of piperidine rings is 1. The van der Waals surface area contributed by atoms with E-state index in [2.05, 4.69) is 14.9 Å². The van der Waals surface area contributed by atoms with Crippen molar-refractivity contribution in [1.82, 2.24) is 14.9 Å². The lowest BCUT2D eigenvalue weighted by atomic mass is 10.0. The average Bonchev–Trinajstić information content (AvgIpc) is 3.27. The predicted molar refractivity (Wildman–Crippen MR) is 88.0 cm³/mol. The highest BCUT2D eigenvalue weighted by molar-refractivity contribution is 5.93. The molecule has 0 bridgehead atoms. The number of likely N-dealkylation sites (tertiary alicyclic amines) is 1. The third-order valence-corrected chi connectivity index (χ3v) is 5.10. The summed E-state index contributed by atoms with van der Waals surface area (Å²) in [4.78, 5) is 25.8. The topological polar surface area (TPSA) is 67.8 Å². The minimum Gasteiger partial charge on any atom is -0.356 e. The Balaban J connectivity index is 1.48. The molecule has 0 atom stereocenters. The smallest absolute Gasteiger partial charge is 0.272 e. The number of anilines is 1. The molecule has 7 heteroatoms. The number of rotatable bonds is 2. The molecule has 3 aliphatic rings. The summed E-state index contributed by atoms with van der Waals surface area (Å²) < 4.78 is 11.5. The van der Waals surface area contributed by atoms with Gasteiger partial charge in [-0.3, -0.25) is 4.79 Å². The monoisotopic (exact) mass is 332 g/mol. The van der Waals surface area contributed by atoms with Crippen LogP contribution in [0.5, 0.6) is 0 Å². The third kappa shape index (κ3) is 2.98. The van der Waals surface area contributed by atoms with Crippen molar-refractivity contribution in [3.8, 4) is 0 Å². The van der Waals surface area contributed by atoms with Crippen LogP contribution in [0.4, 0.5) is 5.82 Å². The molecule has 1 aromatic rings. The Morgan fingerprint density at radius 1 is 1.08 bits per heavy atom. The van der Waals surface area contributed by atoms with E-state index in [0.717, 1.165) is 31.7 Å². The second kappa shape index (κ2) is 6.29. The van der Waals surface area contributed by atoms with Gasteiger partial charge in [0, 0.05) is 45.1 Å². The Morgan fingerprint density at radius 3 is 2.42 bits per heavy atom. The number of amides is 1. The number of aryl methyl sites for hydroxylation is 1. The highest BCUT2D eigenvalue weighted by Crippen LogP contribution is 2.31. The normalized spacial score (nSPS) is 23.2. The molecule has 0 saturated carbocycles. The fraction of sp³-hybridized carbons (Fsp3) is 0.706. The first-order chi connectivity index (χ1) is 11.7. The van der Waals surface area contributed by atoms with Gasteiger partial charge in [0.25, 0.3) is 5.91 Å². The maximum absolute atomic E-state index is 12.9. The largest absolute Gasteiger partial charge is 0.356 e. The summed E-state index contributed by atoms with van der Waals surface area (Å²) in [5, 5.41) is 0. The highest BCUT2D eigenvalue weighted by Gasteiger charge is 2.41. The Morgan fingerprint density at radius 2 is 1.75 bits per heavy atom. The fourth-order valence-electron chi connectivity index (χ4n) is 3.77. The van der Waals surface area contributed by atoms with Crippen LogP contribution in [0.15, 0.2) is 6.07 Å². The molecule has 130 valence electrons. The first-order valence-electron chi connectivity index (χ1n) is 8.83. The lowest BCUT2D eigenvalue weighted by molar-refractivity contribution is -0.181. The molecule has 4 heterocycles. The third-order valence-electron chi connectivity index (χ3n) is 5.10. The van der Waals surface area contributed by atoms with Gasteiger partial charge in [-0.15, -0.1) is 0 Å². The lowest BCUT2D eigenvalue weighted by Crippen LogP contribution is -2.47. The zero-order valence-electron chi connectivity index (χ0n) is 14.2. The summed E-state index contributed by atoms with van der Waals surface area (Å²) in [7, 11) is 0. The molecule has 0 radical (unpaired) electrons. The van der Waals surface area contributed by atoms with Crippen LogP contribution >= 0.6 is 0 Å². The maximum Gasteiger partial charge on any atom is 0.272 e. The number of hydrogen-bond acceptors (Lipinski definition) is 6. The summed E-state index contributed by atoms with van der Waals surface area (Å²) in [6.45, 7) is 6.44. The van der Waals surface area contributed by atoms with Crippen LogP contribution in [0.1, 0.15) is 42.0 Å². The van der Waals surface area contributed by atoms with Gasteiger partial charge >= 0.3 is 0 Å². The van der Waals surface area contributed by atoms with E-state index in [4.69, 9.17) is 9.47 Å². The van der Waals surface area contributed by atoms with E-state index >= 15 is 0 Å². The zero-order chi connectivity index (χ0) is 16.6. The van der Waals surface area contributed by atoms with E-state index in [1.165, 1.54) is 12.8 Å². The molecule has 0 aliphatic carbocycles. The molecule has 1 amide bonds. The molecular formula is C17H24N4O3. The number of hydrogen-bond donors (Lipinski definition) is 0.